The molecule has 6 nitrogen and oxygen atoms in total. The Kier molecular flexibility index (Phi) is 7.31. The largest absolute Gasteiger partial charge is 0.459 e. The van der Waals surface area contributed by atoms with E-state index in [0.717, 1.165) is 29.4 Å². The fourth-order valence-electron chi connectivity index (χ4n) is 5.06. The van der Waals surface area contributed by atoms with E-state index in [1.807, 2.05) is 32.9 Å². The van der Waals surface area contributed by atoms with Crippen molar-refractivity contribution < 1.29 is 14.3 Å². The molecule has 6 heteroatoms. The number of anilines is 1. The second-order valence-electron chi connectivity index (χ2n) is 9.63. The molecule has 2 atom stereocenters. The Balaban J connectivity index is 1.60. The number of fused-ring (bicyclic) bond motifs is 1. The van der Waals surface area contributed by atoms with Crippen molar-refractivity contribution in [3.8, 4) is 0 Å². The molecule has 1 N–H and O–H groups in total. The fraction of sp³-hybridized carbons (Fsp3) is 0.615. The Bertz CT molecular complexity index is 939. The highest BCUT2D eigenvalue weighted by molar-refractivity contribution is 5.99. The Morgan fingerprint density at radius 1 is 1.16 bits per heavy atom. The van der Waals surface area contributed by atoms with E-state index in [2.05, 4.69) is 22.3 Å². The predicted octanol–water partition coefficient (Wildman–Crippen LogP) is 4.62. The molecule has 1 aliphatic carbocycles. The maximum atomic E-state index is 13.0. The first-order chi connectivity index (χ1) is 15.4. The van der Waals surface area contributed by atoms with Crippen LogP contribution in [0.4, 0.5) is 5.82 Å². The van der Waals surface area contributed by atoms with Gasteiger partial charge in [0.2, 0.25) is 0 Å². The summed E-state index contributed by atoms with van der Waals surface area (Å²) >= 11 is 0. The third-order valence-electron chi connectivity index (χ3n) is 6.73. The van der Waals surface area contributed by atoms with E-state index in [1.165, 1.54) is 32.1 Å². The third-order valence-corrected chi connectivity index (χ3v) is 6.73. The van der Waals surface area contributed by atoms with Crippen LogP contribution in [0.5, 0.6) is 0 Å². The van der Waals surface area contributed by atoms with Gasteiger partial charge in [0.25, 0.3) is 0 Å². The number of nitrogens with one attached hydrogen (secondary N) is 1. The highest BCUT2D eigenvalue weighted by Gasteiger charge is 2.33. The van der Waals surface area contributed by atoms with Gasteiger partial charge in [0, 0.05) is 37.7 Å². The number of carbonyl (C=O) groups excluding carboxylic acids is 1. The summed E-state index contributed by atoms with van der Waals surface area (Å²) in [4.78, 5) is 20.1. The molecule has 174 valence electrons. The average Bonchev–Trinajstić information content (AvgIpc) is 2.78. The lowest BCUT2D eigenvalue weighted by Gasteiger charge is -2.41. The summed E-state index contributed by atoms with van der Waals surface area (Å²) in [6.45, 7) is 7.33. The number of carbonyl (C=O) groups is 1. The molecule has 1 aromatic heterocycles. The van der Waals surface area contributed by atoms with Gasteiger partial charge in [-0.1, -0.05) is 30.9 Å². The van der Waals surface area contributed by atoms with Gasteiger partial charge in [0.05, 0.1) is 17.7 Å². The zero-order chi connectivity index (χ0) is 22.7. The van der Waals surface area contributed by atoms with Gasteiger partial charge in [-0.2, -0.15) is 0 Å². The minimum atomic E-state index is -0.317. The van der Waals surface area contributed by atoms with Crippen LogP contribution in [0.25, 0.3) is 10.9 Å². The number of piperidine rings is 1. The number of benzene rings is 1. The molecule has 0 amide bonds. The summed E-state index contributed by atoms with van der Waals surface area (Å²) in [5.41, 5.74) is 2.57. The average molecular weight is 440 g/mol. The summed E-state index contributed by atoms with van der Waals surface area (Å²) in [6.07, 6.45) is 7.33. The number of aryl methyl sites for hydroxylation is 1. The maximum Gasteiger partial charge on any atom is 0.342 e. The van der Waals surface area contributed by atoms with Crippen molar-refractivity contribution in [2.24, 2.45) is 0 Å². The standard InChI is InChI=1S/C26H37N3O3/c1-17(2)32-26(30)21-15-19-14-18(3)10-11-22(19)28-25(21)29-13-12-23(24(16-29)31-4)27-20-8-6-5-7-9-20/h10-11,14-15,17,20,23-24,27H,5-9,12-13,16H2,1-4H3. The Morgan fingerprint density at radius 2 is 1.94 bits per heavy atom. The molecule has 2 unspecified atom stereocenters. The summed E-state index contributed by atoms with van der Waals surface area (Å²) in [7, 11) is 1.79. The summed E-state index contributed by atoms with van der Waals surface area (Å²) < 4.78 is 11.5. The SMILES string of the molecule is COC1CN(c2nc3ccc(C)cc3cc2C(=O)OC(C)C)CCC1NC1CCCCC1. The van der Waals surface area contributed by atoms with Crippen LogP contribution < -0.4 is 10.2 Å². The van der Waals surface area contributed by atoms with Gasteiger partial charge < -0.3 is 19.7 Å². The highest BCUT2D eigenvalue weighted by atomic mass is 16.5. The summed E-state index contributed by atoms with van der Waals surface area (Å²) in [6, 6.07) is 9.01. The van der Waals surface area contributed by atoms with Gasteiger partial charge >= 0.3 is 5.97 Å². The van der Waals surface area contributed by atoms with Crippen LogP contribution in [0.2, 0.25) is 0 Å². The van der Waals surface area contributed by atoms with E-state index in [-0.39, 0.29) is 18.2 Å². The van der Waals surface area contributed by atoms with E-state index in [4.69, 9.17) is 14.5 Å². The zero-order valence-electron chi connectivity index (χ0n) is 19.9. The van der Waals surface area contributed by atoms with Crippen LogP contribution in [0.3, 0.4) is 0 Å². The molecule has 0 radical (unpaired) electrons. The van der Waals surface area contributed by atoms with Gasteiger partial charge in [0.15, 0.2) is 0 Å². The number of pyridine rings is 1. The van der Waals surface area contributed by atoms with Crippen molar-refractivity contribution in [3.05, 3.63) is 35.4 Å². The Hall–Kier alpha value is -2.18. The number of ether oxygens (including phenoxy) is 2. The number of rotatable bonds is 6. The van der Waals surface area contributed by atoms with Gasteiger partial charge in [-0.15, -0.1) is 0 Å². The maximum absolute atomic E-state index is 13.0. The minimum Gasteiger partial charge on any atom is -0.459 e. The predicted molar refractivity (Wildman–Crippen MR) is 128 cm³/mol. The van der Waals surface area contributed by atoms with Crippen LogP contribution in [0, 0.1) is 6.92 Å². The van der Waals surface area contributed by atoms with Gasteiger partial charge in [-0.05, 0) is 58.2 Å². The van der Waals surface area contributed by atoms with E-state index >= 15 is 0 Å². The number of hydrogen-bond donors (Lipinski definition) is 1. The van der Waals surface area contributed by atoms with Crippen LogP contribution in [-0.4, -0.2) is 55.4 Å². The van der Waals surface area contributed by atoms with Gasteiger partial charge in [0.1, 0.15) is 11.4 Å². The van der Waals surface area contributed by atoms with Crippen molar-refractivity contribution in [3.63, 3.8) is 0 Å². The van der Waals surface area contributed by atoms with Gasteiger partial charge in [-0.25, -0.2) is 9.78 Å². The first kappa shape index (κ1) is 23.0. The lowest BCUT2D eigenvalue weighted by molar-refractivity contribution is 0.0375. The van der Waals surface area contributed by atoms with E-state index in [1.54, 1.807) is 7.11 Å². The molecule has 1 aromatic carbocycles. The van der Waals surface area contributed by atoms with E-state index < -0.39 is 0 Å². The van der Waals surface area contributed by atoms with Crippen molar-refractivity contribution in [2.75, 3.05) is 25.1 Å². The lowest BCUT2D eigenvalue weighted by atomic mass is 9.92. The summed E-state index contributed by atoms with van der Waals surface area (Å²) in [5.74, 6) is 0.382. The molecular formula is C26H37N3O3. The normalized spacial score (nSPS) is 22.5. The van der Waals surface area contributed by atoms with E-state index in [9.17, 15) is 4.79 Å². The van der Waals surface area contributed by atoms with Crippen LogP contribution in [-0.2, 0) is 9.47 Å². The number of esters is 1. The number of methoxy groups -OCH3 is 1. The summed E-state index contributed by atoms with van der Waals surface area (Å²) in [5, 5.41) is 4.83. The molecule has 2 fully saturated rings. The molecule has 2 heterocycles. The molecule has 32 heavy (non-hydrogen) atoms. The quantitative estimate of drug-likeness (QED) is 0.663. The monoisotopic (exact) mass is 439 g/mol. The molecule has 2 aliphatic rings. The minimum absolute atomic E-state index is 0.0511. The van der Waals surface area contributed by atoms with Crippen molar-refractivity contribution in [1.29, 1.82) is 0 Å². The topological polar surface area (TPSA) is 63.7 Å². The molecule has 0 spiro atoms. The Labute approximate surface area is 191 Å². The van der Waals surface area contributed by atoms with Crippen LogP contribution in [0.1, 0.15) is 68.3 Å². The number of aromatic nitrogens is 1. The fourth-order valence-corrected chi connectivity index (χ4v) is 5.06. The van der Waals surface area contributed by atoms with Crippen LogP contribution >= 0.6 is 0 Å². The van der Waals surface area contributed by atoms with Gasteiger partial charge in [-0.3, -0.25) is 0 Å². The Morgan fingerprint density at radius 3 is 2.66 bits per heavy atom. The number of nitrogens with zero attached hydrogens (tertiary/aromatic N) is 2. The smallest absolute Gasteiger partial charge is 0.342 e. The first-order valence-electron chi connectivity index (χ1n) is 12.1. The van der Waals surface area contributed by atoms with Crippen molar-refractivity contribution in [1.82, 2.24) is 10.3 Å². The molecule has 1 aliphatic heterocycles. The molecule has 2 aromatic rings. The number of hydrogen-bond acceptors (Lipinski definition) is 6. The van der Waals surface area contributed by atoms with E-state index in [0.29, 0.717) is 30.0 Å². The molecule has 0 bridgehead atoms. The second kappa shape index (κ2) is 10.2. The second-order valence-corrected chi connectivity index (χ2v) is 9.63. The third kappa shape index (κ3) is 5.24. The molecule has 1 saturated heterocycles. The van der Waals surface area contributed by atoms with Crippen molar-refractivity contribution in [2.45, 2.75) is 83.6 Å². The lowest BCUT2D eigenvalue weighted by Crippen LogP contribution is -2.56. The molecular weight excluding hydrogens is 402 g/mol. The van der Waals surface area contributed by atoms with Crippen molar-refractivity contribution >= 4 is 22.7 Å². The highest BCUT2D eigenvalue weighted by Crippen LogP contribution is 2.29. The molecule has 1 saturated carbocycles. The first-order valence-corrected chi connectivity index (χ1v) is 12.1. The van der Waals surface area contributed by atoms with Crippen LogP contribution in [0.15, 0.2) is 24.3 Å². The zero-order valence-corrected chi connectivity index (χ0v) is 19.9. The molecule has 4 rings (SSSR count).